The summed E-state index contributed by atoms with van der Waals surface area (Å²) in [6.45, 7) is 0.00952. The summed E-state index contributed by atoms with van der Waals surface area (Å²) in [5.41, 5.74) is 7.92. The molecule has 30 heavy (non-hydrogen) atoms. The van der Waals surface area contributed by atoms with Gasteiger partial charge >= 0.3 is 6.01 Å². The van der Waals surface area contributed by atoms with Crippen LogP contribution in [-0.4, -0.2) is 66.4 Å². The van der Waals surface area contributed by atoms with Gasteiger partial charge in [0.2, 0.25) is 0 Å². The van der Waals surface area contributed by atoms with Gasteiger partial charge in [0.25, 0.3) is 0 Å². The van der Waals surface area contributed by atoms with Gasteiger partial charge in [-0.15, -0.1) is 0 Å². The number of anilines is 1. The first kappa shape index (κ1) is 20.5. The van der Waals surface area contributed by atoms with Crippen LogP contribution in [0, 0.1) is 0 Å². The minimum Gasteiger partial charge on any atom is -0.463 e. The van der Waals surface area contributed by atoms with Crippen LogP contribution in [0.5, 0.6) is 6.01 Å². The third-order valence-electron chi connectivity index (χ3n) is 5.15. The van der Waals surface area contributed by atoms with E-state index >= 15 is 0 Å². The number of nitrogen functional groups attached to an aromatic ring is 1. The standard InChI is InChI=1S/C20H25N5O5/c21-17-14-18(25(11-22-14)19-16(28)15(27)13(10-26)30-19)24-20(23-17)29-9-5-4-8-12-6-2-1-3-7-12/h1-3,6-7,11,13,15-16,19,26-28H,4-5,8-10H2,(H2,21,23,24)/t13-,15-,16-,19?/m0/s1. The summed E-state index contributed by atoms with van der Waals surface area (Å²) >= 11 is 0. The molecule has 1 aromatic carbocycles. The first-order chi connectivity index (χ1) is 14.6. The van der Waals surface area contributed by atoms with Crippen LogP contribution < -0.4 is 10.5 Å². The maximum absolute atomic E-state index is 10.3. The van der Waals surface area contributed by atoms with Crippen LogP contribution in [0.3, 0.4) is 0 Å². The quantitative estimate of drug-likeness (QED) is 0.384. The van der Waals surface area contributed by atoms with Crippen molar-refractivity contribution in [2.24, 2.45) is 0 Å². The van der Waals surface area contributed by atoms with Gasteiger partial charge in [-0.2, -0.15) is 9.97 Å². The Morgan fingerprint density at radius 2 is 1.90 bits per heavy atom. The van der Waals surface area contributed by atoms with E-state index < -0.39 is 31.1 Å². The Bertz CT molecular complexity index is 982. The van der Waals surface area contributed by atoms with Crippen molar-refractivity contribution < 1.29 is 24.8 Å². The predicted molar refractivity (Wildman–Crippen MR) is 108 cm³/mol. The molecule has 1 fully saturated rings. The molecule has 5 N–H and O–H groups in total. The molecular formula is C20H25N5O5. The van der Waals surface area contributed by atoms with E-state index in [0.29, 0.717) is 17.8 Å². The highest BCUT2D eigenvalue weighted by molar-refractivity contribution is 5.82. The molecule has 10 nitrogen and oxygen atoms in total. The zero-order valence-corrected chi connectivity index (χ0v) is 16.3. The molecule has 0 amide bonds. The lowest BCUT2D eigenvalue weighted by Gasteiger charge is -2.16. The Kier molecular flexibility index (Phi) is 6.09. The SMILES string of the molecule is Nc1nc(OCCCCc2ccccc2)nc2c1ncn2C1O[C@@H](CO)[C@H](O)[C@@H]1O. The minimum absolute atomic E-state index is 0.105. The lowest BCUT2D eigenvalue weighted by atomic mass is 10.1. The third-order valence-corrected chi connectivity index (χ3v) is 5.15. The van der Waals surface area contributed by atoms with Crippen molar-refractivity contribution in [3.05, 3.63) is 42.2 Å². The Morgan fingerprint density at radius 3 is 2.63 bits per heavy atom. The molecule has 0 saturated carbocycles. The Balaban J connectivity index is 1.43. The number of nitrogens with two attached hydrogens (primary N) is 1. The van der Waals surface area contributed by atoms with Gasteiger partial charge in [0.1, 0.15) is 18.3 Å². The fraction of sp³-hybridized carbons (Fsp3) is 0.450. The number of aryl methyl sites for hydroxylation is 1. The highest BCUT2D eigenvalue weighted by Gasteiger charge is 2.44. The molecule has 4 rings (SSSR count). The van der Waals surface area contributed by atoms with Crippen molar-refractivity contribution in [1.29, 1.82) is 0 Å². The highest BCUT2D eigenvalue weighted by Crippen LogP contribution is 2.32. The van der Waals surface area contributed by atoms with Crippen molar-refractivity contribution in [2.45, 2.75) is 43.8 Å². The van der Waals surface area contributed by atoms with Crippen LogP contribution in [0.4, 0.5) is 5.82 Å². The molecule has 0 aliphatic carbocycles. The maximum atomic E-state index is 10.3. The molecule has 4 atom stereocenters. The predicted octanol–water partition coefficient (Wildman–Crippen LogP) is 0.422. The fourth-order valence-corrected chi connectivity index (χ4v) is 3.52. The topological polar surface area (TPSA) is 149 Å². The number of aromatic nitrogens is 4. The Hall–Kier alpha value is -2.79. The number of rotatable bonds is 8. The number of aliphatic hydroxyl groups is 3. The van der Waals surface area contributed by atoms with Crippen LogP contribution in [0.15, 0.2) is 36.7 Å². The van der Waals surface area contributed by atoms with Gasteiger partial charge < -0.3 is 30.5 Å². The van der Waals surface area contributed by atoms with E-state index in [2.05, 4.69) is 27.1 Å². The van der Waals surface area contributed by atoms with E-state index in [1.807, 2.05) is 18.2 Å². The first-order valence-electron chi connectivity index (χ1n) is 9.87. The number of imidazole rings is 1. The van der Waals surface area contributed by atoms with Gasteiger partial charge in [-0.1, -0.05) is 30.3 Å². The number of hydrogen-bond acceptors (Lipinski definition) is 9. The molecule has 1 aliphatic rings. The average Bonchev–Trinajstić information content (AvgIpc) is 3.30. The van der Waals surface area contributed by atoms with Crippen molar-refractivity contribution in [1.82, 2.24) is 19.5 Å². The van der Waals surface area contributed by atoms with E-state index in [1.54, 1.807) is 0 Å². The van der Waals surface area contributed by atoms with E-state index in [4.69, 9.17) is 15.2 Å². The van der Waals surface area contributed by atoms with Crippen LogP contribution in [-0.2, 0) is 11.2 Å². The van der Waals surface area contributed by atoms with E-state index in [0.717, 1.165) is 19.3 Å². The molecule has 160 valence electrons. The first-order valence-corrected chi connectivity index (χ1v) is 9.87. The van der Waals surface area contributed by atoms with Gasteiger partial charge in [-0.05, 0) is 24.8 Å². The normalized spacial score (nSPS) is 23.8. The summed E-state index contributed by atoms with van der Waals surface area (Å²) in [5.74, 6) is 0.143. The molecule has 0 radical (unpaired) electrons. The average molecular weight is 415 g/mol. The number of aliphatic hydroxyl groups excluding tert-OH is 3. The molecule has 3 aromatic rings. The largest absolute Gasteiger partial charge is 0.463 e. The molecule has 0 spiro atoms. The number of benzene rings is 1. The monoisotopic (exact) mass is 415 g/mol. The number of hydrogen-bond donors (Lipinski definition) is 4. The zero-order chi connectivity index (χ0) is 21.1. The minimum atomic E-state index is -1.25. The number of ether oxygens (including phenoxy) is 2. The Morgan fingerprint density at radius 1 is 1.10 bits per heavy atom. The number of nitrogens with zero attached hydrogens (tertiary/aromatic N) is 4. The van der Waals surface area contributed by atoms with Gasteiger partial charge in [0, 0.05) is 0 Å². The number of fused-ring (bicyclic) bond motifs is 1. The molecule has 1 aliphatic heterocycles. The van der Waals surface area contributed by atoms with Crippen molar-refractivity contribution in [3.63, 3.8) is 0 Å². The number of unbranched alkanes of at least 4 members (excludes halogenated alkanes) is 1. The summed E-state index contributed by atoms with van der Waals surface area (Å²) in [6.07, 6.45) is -0.191. The third kappa shape index (κ3) is 4.08. The fourth-order valence-electron chi connectivity index (χ4n) is 3.52. The van der Waals surface area contributed by atoms with Gasteiger partial charge in [0.05, 0.1) is 19.5 Å². The van der Waals surface area contributed by atoms with Gasteiger partial charge in [-0.25, -0.2) is 4.98 Å². The summed E-state index contributed by atoms with van der Waals surface area (Å²) in [4.78, 5) is 12.7. The Labute approximate surface area is 172 Å². The molecule has 2 aromatic heterocycles. The van der Waals surface area contributed by atoms with Gasteiger partial charge in [-0.3, -0.25) is 4.57 Å². The second kappa shape index (κ2) is 8.92. The van der Waals surface area contributed by atoms with Crippen molar-refractivity contribution in [2.75, 3.05) is 18.9 Å². The maximum Gasteiger partial charge on any atom is 0.320 e. The molecule has 0 bridgehead atoms. The van der Waals surface area contributed by atoms with Gasteiger partial charge in [0.15, 0.2) is 23.2 Å². The zero-order valence-electron chi connectivity index (χ0n) is 16.3. The summed E-state index contributed by atoms with van der Waals surface area (Å²) in [6, 6.07) is 10.3. The van der Waals surface area contributed by atoms with E-state index in [1.165, 1.54) is 16.5 Å². The smallest absolute Gasteiger partial charge is 0.320 e. The second-order valence-electron chi connectivity index (χ2n) is 7.24. The van der Waals surface area contributed by atoms with Crippen molar-refractivity contribution in [3.8, 4) is 6.01 Å². The van der Waals surface area contributed by atoms with Crippen molar-refractivity contribution >= 4 is 17.0 Å². The molecule has 10 heteroatoms. The second-order valence-corrected chi connectivity index (χ2v) is 7.24. The summed E-state index contributed by atoms with van der Waals surface area (Å²) in [5, 5.41) is 29.6. The van der Waals surface area contributed by atoms with Crippen LogP contribution in [0.25, 0.3) is 11.2 Å². The van der Waals surface area contributed by atoms with E-state index in [-0.39, 0.29) is 11.8 Å². The molecule has 1 saturated heterocycles. The lowest BCUT2D eigenvalue weighted by Crippen LogP contribution is -2.33. The molecule has 3 heterocycles. The van der Waals surface area contributed by atoms with Crippen LogP contribution in [0.2, 0.25) is 0 Å². The van der Waals surface area contributed by atoms with E-state index in [9.17, 15) is 15.3 Å². The molecule has 1 unspecified atom stereocenters. The van der Waals surface area contributed by atoms with Crippen LogP contribution in [0.1, 0.15) is 24.6 Å². The molecular weight excluding hydrogens is 390 g/mol. The highest BCUT2D eigenvalue weighted by atomic mass is 16.6. The van der Waals surface area contributed by atoms with Crippen LogP contribution >= 0.6 is 0 Å². The lowest BCUT2D eigenvalue weighted by molar-refractivity contribution is -0.0511. The summed E-state index contributed by atoms with van der Waals surface area (Å²) < 4.78 is 12.7. The summed E-state index contributed by atoms with van der Waals surface area (Å²) in [7, 11) is 0.